The molecule has 0 spiro atoms. The first-order valence-corrected chi connectivity index (χ1v) is 4.60. The van der Waals surface area contributed by atoms with Crippen molar-refractivity contribution < 1.29 is 9.84 Å². The summed E-state index contributed by atoms with van der Waals surface area (Å²) in [5.41, 5.74) is 0. The molecule has 66 valence electrons. The Morgan fingerprint density at radius 1 is 1.36 bits per heavy atom. The van der Waals surface area contributed by atoms with Crippen molar-refractivity contribution in [1.29, 1.82) is 0 Å². The Morgan fingerprint density at radius 3 is 2.73 bits per heavy atom. The van der Waals surface area contributed by atoms with Gasteiger partial charge in [0, 0.05) is 12.5 Å². The van der Waals surface area contributed by atoms with E-state index in [1.807, 2.05) is 6.92 Å². The molecule has 11 heavy (non-hydrogen) atoms. The van der Waals surface area contributed by atoms with Gasteiger partial charge in [0.05, 0.1) is 12.7 Å². The Hall–Kier alpha value is -0.0800. The zero-order chi connectivity index (χ0) is 8.10. The molecule has 0 saturated heterocycles. The highest BCUT2D eigenvalue weighted by Crippen LogP contribution is 2.24. The highest BCUT2D eigenvalue weighted by Gasteiger charge is 2.22. The molecule has 0 aromatic carbocycles. The van der Waals surface area contributed by atoms with Crippen LogP contribution in [0.4, 0.5) is 0 Å². The Labute approximate surface area is 68.6 Å². The molecule has 1 N–H and O–H groups in total. The largest absolute Gasteiger partial charge is 0.393 e. The Morgan fingerprint density at radius 2 is 2.09 bits per heavy atom. The summed E-state index contributed by atoms with van der Waals surface area (Å²) in [4.78, 5) is 0. The van der Waals surface area contributed by atoms with E-state index >= 15 is 0 Å². The second kappa shape index (κ2) is 4.73. The van der Waals surface area contributed by atoms with Crippen LogP contribution in [0.5, 0.6) is 0 Å². The molecule has 0 bridgehead atoms. The Balaban J connectivity index is 2.18. The molecule has 1 saturated carbocycles. The summed E-state index contributed by atoms with van der Waals surface area (Å²) in [6, 6.07) is 0. The van der Waals surface area contributed by atoms with Crippen LogP contribution in [0.1, 0.15) is 32.6 Å². The van der Waals surface area contributed by atoms with Crippen LogP contribution in [0.25, 0.3) is 0 Å². The van der Waals surface area contributed by atoms with Gasteiger partial charge >= 0.3 is 0 Å². The lowest BCUT2D eigenvalue weighted by Gasteiger charge is -2.26. The van der Waals surface area contributed by atoms with Crippen molar-refractivity contribution in [2.75, 3.05) is 13.2 Å². The van der Waals surface area contributed by atoms with Crippen LogP contribution >= 0.6 is 0 Å². The molecule has 1 aliphatic carbocycles. The van der Waals surface area contributed by atoms with Crippen LogP contribution in [0.2, 0.25) is 0 Å². The molecule has 1 aliphatic rings. The summed E-state index contributed by atoms with van der Waals surface area (Å²) in [5.74, 6) is 0.406. The van der Waals surface area contributed by atoms with Gasteiger partial charge in [-0.3, -0.25) is 0 Å². The molecule has 0 aromatic heterocycles. The number of ether oxygens (including phenoxy) is 1. The standard InChI is InChI=1S/C9H18O2/c1-2-11-7-8-5-3-4-6-9(8)10/h8-10H,2-7H2,1H3. The van der Waals surface area contributed by atoms with Crippen LogP contribution in [-0.2, 0) is 4.74 Å². The Kier molecular flexibility index (Phi) is 3.87. The highest BCUT2D eigenvalue weighted by molar-refractivity contribution is 4.73. The fourth-order valence-electron chi connectivity index (χ4n) is 1.65. The van der Waals surface area contributed by atoms with Gasteiger partial charge in [-0.25, -0.2) is 0 Å². The smallest absolute Gasteiger partial charge is 0.0590 e. The van der Waals surface area contributed by atoms with Crippen molar-refractivity contribution in [3.63, 3.8) is 0 Å². The van der Waals surface area contributed by atoms with E-state index in [1.165, 1.54) is 12.8 Å². The van der Waals surface area contributed by atoms with Crippen molar-refractivity contribution in [3.05, 3.63) is 0 Å². The predicted molar refractivity (Wildman–Crippen MR) is 44.5 cm³/mol. The molecule has 2 unspecified atom stereocenters. The second-order valence-corrected chi connectivity index (χ2v) is 3.27. The maximum absolute atomic E-state index is 9.52. The molecule has 2 nitrogen and oxygen atoms in total. The van der Waals surface area contributed by atoms with Crippen molar-refractivity contribution in [2.45, 2.75) is 38.7 Å². The fourth-order valence-corrected chi connectivity index (χ4v) is 1.65. The van der Waals surface area contributed by atoms with Crippen LogP contribution in [0.3, 0.4) is 0 Å². The first-order valence-electron chi connectivity index (χ1n) is 4.60. The lowest BCUT2D eigenvalue weighted by Crippen LogP contribution is -2.28. The summed E-state index contributed by atoms with van der Waals surface area (Å²) >= 11 is 0. The van der Waals surface area contributed by atoms with Gasteiger partial charge in [0.15, 0.2) is 0 Å². The van der Waals surface area contributed by atoms with Gasteiger partial charge in [0.1, 0.15) is 0 Å². The third kappa shape index (κ3) is 2.80. The lowest BCUT2D eigenvalue weighted by atomic mass is 9.87. The van der Waals surface area contributed by atoms with Gasteiger partial charge in [0.2, 0.25) is 0 Å². The molecular formula is C9H18O2. The SMILES string of the molecule is CCOCC1CCCCC1O. The summed E-state index contributed by atoms with van der Waals surface area (Å²) in [7, 11) is 0. The van der Waals surface area contributed by atoms with E-state index in [9.17, 15) is 5.11 Å². The van der Waals surface area contributed by atoms with E-state index in [0.717, 1.165) is 26.1 Å². The maximum atomic E-state index is 9.52. The predicted octanol–water partition coefficient (Wildman–Crippen LogP) is 1.57. The molecule has 2 atom stereocenters. The second-order valence-electron chi connectivity index (χ2n) is 3.27. The third-order valence-electron chi connectivity index (χ3n) is 2.41. The molecule has 0 aromatic rings. The van der Waals surface area contributed by atoms with Gasteiger partial charge in [-0.05, 0) is 19.8 Å². The van der Waals surface area contributed by atoms with E-state index in [0.29, 0.717) is 5.92 Å². The molecule has 2 heteroatoms. The van der Waals surface area contributed by atoms with Crippen molar-refractivity contribution in [2.24, 2.45) is 5.92 Å². The first-order chi connectivity index (χ1) is 5.34. The normalized spacial score (nSPS) is 32.2. The minimum atomic E-state index is -0.102. The van der Waals surface area contributed by atoms with Crippen LogP contribution in [0, 0.1) is 5.92 Å². The quantitative estimate of drug-likeness (QED) is 0.675. The summed E-state index contributed by atoms with van der Waals surface area (Å²) in [5, 5.41) is 9.52. The number of rotatable bonds is 3. The monoisotopic (exact) mass is 158 g/mol. The molecule has 0 heterocycles. The number of aliphatic hydroxyl groups excluding tert-OH is 1. The van der Waals surface area contributed by atoms with Crippen LogP contribution < -0.4 is 0 Å². The molecule has 0 radical (unpaired) electrons. The minimum Gasteiger partial charge on any atom is -0.393 e. The van der Waals surface area contributed by atoms with Crippen molar-refractivity contribution in [3.8, 4) is 0 Å². The number of hydrogen-bond donors (Lipinski definition) is 1. The lowest BCUT2D eigenvalue weighted by molar-refractivity contribution is 0.00861. The van der Waals surface area contributed by atoms with Crippen molar-refractivity contribution >= 4 is 0 Å². The molecule has 0 aliphatic heterocycles. The van der Waals surface area contributed by atoms with Gasteiger partial charge < -0.3 is 9.84 Å². The zero-order valence-electron chi connectivity index (χ0n) is 7.25. The number of hydrogen-bond acceptors (Lipinski definition) is 2. The average molecular weight is 158 g/mol. The van der Waals surface area contributed by atoms with Gasteiger partial charge in [-0.15, -0.1) is 0 Å². The van der Waals surface area contributed by atoms with E-state index in [1.54, 1.807) is 0 Å². The van der Waals surface area contributed by atoms with Crippen LogP contribution in [-0.4, -0.2) is 24.4 Å². The fraction of sp³-hybridized carbons (Fsp3) is 1.00. The zero-order valence-corrected chi connectivity index (χ0v) is 7.25. The van der Waals surface area contributed by atoms with E-state index in [2.05, 4.69) is 0 Å². The third-order valence-corrected chi connectivity index (χ3v) is 2.41. The van der Waals surface area contributed by atoms with E-state index in [-0.39, 0.29) is 6.10 Å². The van der Waals surface area contributed by atoms with Gasteiger partial charge in [-0.1, -0.05) is 12.8 Å². The molecule has 0 amide bonds. The van der Waals surface area contributed by atoms with Crippen molar-refractivity contribution in [1.82, 2.24) is 0 Å². The summed E-state index contributed by atoms with van der Waals surface area (Å²) in [6.07, 6.45) is 4.45. The highest BCUT2D eigenvalue weighted by atomic mass is 16.5. The molecular weight excluding hydrogens is 140 g/mol. The minimum absolute atomic E-state index is 0.102. The summed E-state index contributed by atoms with van der Waals surface area (Å²) in [6.45, 7) is 3.51. The van der Waals surface area contributed by atoms with E-state index < -0.39 is 0 Å². The number of aliphatic hydroxyl groups is 1. The van der Waals surface area contributed by atoms with Gasteiger partial charge in [0.25, 0.3) is 0 Å². The Bertz CT molecular complexity index is 104. The maximum Gasteiger partial charge on any atom is 0.0590 e. The topological polar surface area (TPSA) is 29.5 Å². The first kappa shape index (κ1) is 9.01. The average Bonchev–Trinajstić information content (AvgIpc) is 2.03. The van der Waals surface area contributed by atoms with E-state index in [4.69, 9.17) is 4.74 Å². The van der Waals surface area contributed by atoms with Crippen LogP contribution in [0.15, 0.2) is 0 Å². The summed E-state index contributed by atoms with van der Waals surface area (Å²) < 4.78 is 5.28. The van der Waals surface area contributed by atoms with Gasteiger partial charge in [-0.2, -0.15) is 0 Å². The molecule has 1 fully saturated rings. The molecule has 1 rings (SSSR count).